The van der Waals surface area contributed by atoms with E-state index in [1.807, 2.05) is 30.3 Å². The van der Waals surface area contributed by atoms with Crippen molar-refractivity contribution in [2.24, 2.45) is 0 Å². The van der Waals surface area contributed by atoms with E-state index in [2.05, 4.69) is 20.7 Å². The van der Waals surface area contributed by atoms with Crippen LogP contribution in [0.1, 0.15) is 28.1 Å². The molecule has 2 aromatic rings. The van der Waals surface area contributed by atoms with Crippen LogP contribution >= 0.6 is 0 Å². The van der Waals surface area contributed by atoms with Crippen LogP contribution in [0.15, 0.2) is 53.9 Å². The Labute approximate surface area is 174 Å². The highest BCUT2D eigenvalue weighted by Gasteiger charge is 2.41. The summed E-state index contributed by atoms with van der Waals surface area (Å²) in [5.74, 6) is -3.24. The number of amides is 1. The summed E-state index contributed by atoms with van der Waals surface area (Å²) in [7, 11) is 0. The number of Topliss-reactive ketones (excluding diaryl/α,β-unsaturated/α-hetero) is 1. The lowest BCUT2D eigenvalue weighted by Crippen LogP contribution is -2.57. The minimum atomic E-state index is -1.34. The first-order valence-electron chi connectivity index (χ1n) is 9.63. The second kappa shape index (κ2) is 7.58. The van der Waals surface area contributed by atoms with Gasteiger partial charge in [-0.3, -0.25) is 9.59 Å². The molecule has 3 aliphatic heterocycles. The fourth-order valence-electron chi connectivity index (χ4n) is 3.72. The molecular weight excluding hydrogens is 412 g/mol. The van der Waals surface area contributed by atoms with Gasteiger partial charge in [-0.25, -0.2) is 14.1 Å². The van der Waals surface area contributed by atoms with Gasteiger partial charge in [0.2, 0.25) is 5.82 Å². The zero-order chi connectivity index (χ0) is 21.5. The number of allylic oxidation sites excluding steroid dienone is 2. The molecule has 3 aliphatic rings. The van der Waals surface area contributed by atoms with Crippen molar-refractivity contribution in [3.8, 4) is 0 Å². The maximum atomic E-state index is 13.8. The molecule has 1 aromatic heterocycles. The number of dihydropyridines is 1. The van der Waals surface area contributed by atoms with E-state index in [0.717, 1.165) is 5.56 Å². The van der Waals surface area contributed by atoms with E-state index in [1.165, 1.54) is 0 Å². The topological polar surface area (TPSA) is 107 Å². The van der Waals surface area contributed by atoms with Gasteiger partial charge in [-0.15, -0.1) is 5.10 Å². The number of halogens is 2. The molecule has 5 rings (SSSR count). The lowest BCUT2D eigenvalue weighted by Gasteiger charge is -2.32. The Kier molecular flexibility index (Phi) is 4.74. The van der Waals surface area contributed by atoms with Crippen LogP contribution in [-0.2, 0) is 20.8 Å². The SMILES string of the molecule is O=C(N[C@H]1COC2=C(F)C=C(F)NC2C1=O)c1nc2n(n1)CCO[C@@H]2c1ccccc1. The van der Waals surface area contributed by atoms with Crippen LogP contribution in [0.25, 0.3) is 0 Å². The molecule has 0 radical (unpaired) electrons. The molecule has 4 heterocycles. The Bertz CT molecular complexity index is 1110. The summed E-state index contributed by atoms with van der Waals surface area (Å²) < 4.78 is 40.0. The second-order valence-electron chi connectivity index (χ2n) is 7.20. The molecular formula is C20H17F2N5O4. The first-order chi connectivity index (χ1) is 15.0. The molecule has 1 fully saturated rings. The number of hydrogen-bond acceptors (Lipinski definition) is 7. The number of aromatic nitrogens is 3. The maximum Gasteiger partial charge on any atom is 0.291 e. The highest BCUT2D eigenvalue weighted by atomic mass is 19.1. The number of ether oxygens (including phenoxy) is 2. The van der Waals surface area contributed by atoms with Crippen LogP contribution in [-0.4, -0.2) is 51.8 Å². The molecule has 11 heteroatoms. The highest BCUT2D eigenvalue weighted by Crippen LogP contribution is 2.28. The first-order valence-corrected chi connectivity index (χ1v) is 9.63. The number of carbonyl (C=O) groups is 2. The molecule has 1 unspecified atom stereocenters. The van der Waals surface area contributed by atoms with Crippen molar-refractivity contribution in [1.29, 1.82) is 0 Å². The van der Waals surface area contributed by atoms with Gasteiger partial charge in [0.15, 0.2) is 35.2 Å². The molecule has 0 spiro atoms. The van der Waals surface area contributed by atoms with Gasteiger partial charge >= 0.3 is 0 Å². The highest BCUT2D eigenvalue weighted by molar-refractivity contribution is 5.99. The Morgan fingerprint density at radius 1 is 1.26 bits per heavy atom. The Morgan fingerprint density at radius 3 is 2.87 bits per heavy atom. The first kappa shape index (κ1) is 19.4. The van der Waals surface area contributed by atoms with Crippen molar-refractivity contribution >= 4 is 11.7 Å². The molecule has 160 valence electrons. The summed E-state index contributed by atoms with van der Waals surface area (Å²) in [5.41, 5.74) is 0.874. The summed E-state index contributed by atoms with van der Waals surface area (Å²) in [4.78, 5) is 29.7. The number of nitrogens with zero attached hydrogens (tertiary/aromatic N) is 3. The van der Waals surface area contributed by atoms with Gasteiger partial charge in [0, 0.05) is 6.08 Å². The normalized spacial score (nSPS) is 25.0. The van der Waals surface area contributed by atoms with E-state index in [-0.39, 0.29) is 18.2 Å². The van der Waals surface area contributed by atoms with Crippen LogP contribution in [0.2, 0.25) is 0 Å². The van der Waals surface area contributed by atoms with Crippen molar-refractivity contribution in [2.45, 2.75) is 24.7 Å². The summed E-state index contributed by atoms with van der Waals surface area (Å²) >= 11 is 0. The number of nitrogens with one attached hydrogen (secondary N) is 2. The van der Waals surface area contributed by atoms with Gasteiger partial charge in [-0.1, -0.05) is 30.3 Å². The van der Waals surface area contributed by atoms with Crippen molar-refractivity contribution in [1.82, 2.24) is 25.4 Å². The maximum absolute atomic E-state index is 13.8. The molecule has 1 saturated heterocycles. The van der Waals surface area contributed by atoms with E-state index < -0.39 is 41.7 Å². The quantitative estimate of drug-likeness (QED) is 0.703. The lowest BCUT2D eigenvalue weighted by atomic mass is 9.98. The van der Waals surface area contributed by atoms with Gasteiger partial charge in [-0.05, 0) is 5.56 Å². The zero-order valence-corrected chi connectivity index (χ0v) is 16.0. The lowest BCUT2D eigenvalue weighted by molar-refractivity contribution is -0.127. The number of benzene rings is 1. The number of fused-ring (bicyclic) bond motifs is 2. The second-order valence-corrected chi connectivity index (χ2v) is 7.20. The van der Waals surface area contributed by atoms with Gasteiger partial charge in [0.1, 0.15) is 18.8 Å². The molecule has 0 bridgehead atoms. The van der Waals surface area contributed by atoms with Gasteiger partial charge < -0.3 is 20.1 Å². The summed E-state index contributed by atoms with van der Waals surface area (Å²) in [6.07, 6.45) is 0.128. The van der Waals surface area contributed by atoms with E-state index >= 15 is 0 Å². The number of carbonyl (C=O) groups excluding carboxylic acids is 2. The summed E-state index contributed by atoms with van der Waals surface area (Å²) in [6, 6.07) is 6.95. The van der Waals surface area contributed by atoms with E-state index in [1.54, 1.807) is 4.68 Å². The Morgan fingerprint density at radius 2 is 2.06 bits per heavy atom. The molecule has 2 N–H and O–H groups in total. The smallest absolute Gasteiger partial charge is 0.291 e. The van der Waals surface area contributed by atoms with Gasteiger partial charge in [-0.2, -0.15) is 4.39 Å². The van der Waals surface area contributed by atoms with Crippen molar-refractivity contribution < 1.29 is 27.8 Å². The third-order valence-corrected chi connectivity index (χ3v) is 5.20. The molecule has 3 atom stereocenters. The van der Waals surface area contributed by atoms with E-state index in [9.17, 15) is 18.4 Å². The number of hydrogen-bond donors (Lipinski definition) is 2. The number of ketones is 1. The predicted octanol–water partition coefficient (Wildman–Crippen LogP) is 1.06. The van der Waals surface area contributed by atoms with Crippen LogP contribution < -0.4 is 10.6 Å². The standard InChI is InChI=1S/C20H17F2N5O4/c21-11-8-13(22)24-14-15(28)12(9-31-17(11)14)23-20(29)18-25-19-16(10-4-2-1-3-5-10)30-7-6-27(19)26-18/h1-5,8,12,14,16,24H,6-7,9H2,(H,23,29)/t12-,14?,16+/m0/s1. The fourth-order valence-corrected chi connectivity index (χ4v) is 3.72. The third-order valence-electron chi connectivity index (χ3n) is 5.20. The van der Waals surface area contributed by atoms with Crippen LogP contribution in [0.3, 0.4) is 0 Å². The van der Waals surface area contributed by atoms with Crippen LogP contribution in [0, 0.1) is 0 Å². The monoisotopic (exact) mass is 429 g/mol. The summed E-state index contributed by atoms with van der Waals surface area (Å²) in [5, 5.41) is 8.95. The van der Waals surface area contributed by atoms with Gasteiger partial charge in [0.05, 0.1) is 13.2 Å². The Balaban J connectivity index is 1.34. The van der Waals surface area contributed by atoms with E-state index in [0.29, 0.717) is 25.1 Å². The van der Waals surface area contributed by atoms with E-state index in [4.69, 9.17) is 9.47 Å². The minimum Gasteiger partial charge on any atom is -0.490 e. The molecule has 1 amide bonds. The van der Waals surface area contributed by atoms with Crippen LogP contribution in [0.5, 0.6) is 0 Å². The molecule has 0 saturated carbocycles. The van der Waals surface area contributed by atoms with Crippen molar-refractivity contribution in [3.63, 3.8) is 0 Å². The summed E-state index contributed by atoms with van der Waals surface area (Å²) in [6.45, 7) is 0.540. The minimum absolute atomic E-state index is 0.135. The Hall–Kier alpha value is -3.60. The largest absolute Gasteiger partial charge is 0.490 e. The molecule has 31 heavy (non-hydrogen) atoms. The molecule has 0 aliphatic carbocycles. The molecule has 1 aromatic carbocycles. The third kappa shape index (κ3) is 3.46. The average molecular weight is 429 g/mol. The van der Waals surface area contributed by atoms with Crippen molar-refractivity contribution in [3.05, 3.63) is 71.2 Å². The van der Waals surface area contributed by atoms with Crippen LogP contribution in [0.4, 0.5) is 8.78 Å². The number of rotatable bonds is 3. The molecule has 9 nitrogen and oxygen atoms in total. The zero-order valence-electron chi connectivity index (χ0n) is 16.0. The van der Waals surface area contributed by atoms with Crippen molar-refractivity contribution in [2.75, 3.05) is 13.2 Å². The predicted molar refractivity (Wildman–Crippen MR) is 101 cm³/mol. The van der Waals surface area contributed by atoms with Gasteiger partial charge in [0.25, 0.3) is 5.91 Å². The average Bonchev–Trinajstić information content (AvgIpc) is 3.21. The fraction of sp³-hybridized carbons (Fsp3) is 0.300.